The summed E-state index contributed by atoms with van der Waals surface area (Å²) in [6.45, 7) is 2.67. The maximum absolute atomic E-state index is 13.2. The maximum atomic E-state index is 13.2. The number of aliphatic carboxylic acids is 1. The van der Waals surface area contributed by atoms with E-state index in [1.807, 2.05) is 0 Å². The second-order valence-corrected chi connectivity index (χ2v) is 6.33. The molecule has 2 rings (SSSR count). The average molecular weight is 357 g/mol. The molecular formula is C16H18F3N3O3. The molecule has 0 spiro atoms. The van der Waals surface area contributed by atoms with E-state index in [1.54, 1.807) is 26.0 Å². The Bertz CT molecular complexity index is 797. The molecule has 0 saturated carbocycles. The SMILES string of the molecule is CC(C)(CCC(=O)O)NC(=O)Cn1c(C(F)(F)F)nc2ccccc21. The minimum atomic E-state index is -4.70. The van der Waals surface area contributed by atoms with Crippen LogP contribution in [0, 0.1) is 0 Å². The number of carbonyl (C=O) groups is 2. The van der Waals surface area contributed by atoms with Crippen LogP contribution in [-0.4, -0.2) is 32.1 Å². The van der Waals surface area contributed by atoms with E-state index in [0.29, 0.717) is 0 Å². The molecule has 0 aliphatic carbocycles. The quantitative estimate of drug-likeness (QED) is 0.833. The van der Waals surface area contributed by atoms with Crippen molar-refractivity contribution in [2.75, 3.05) is 0 Å². The van der Waals surface area contributed by atoms with Gasteiger partial charge in [-0.2, -0.15) is 13.2 Å². The molecule has 2 N–H and O–H groups in total. The zero-order valence-corrected chi connectivity index (χ0v) is 13.7. The van der Waals surface area contributed by atoms with Crippen LogP contribution >= 0.6 is 0 Å². The Morgan fingerprint density at radius 2 is 1.88 bits per heavy atom. The molecule has 2 aromatic rings. The molecule has 0 bridgehead atoms. The summed E-state index contributed by atoms with van der Waals surface area (Å²) < 4.78 is 40.4. The lowest BCUT2D eigenvalue weighted by molar-refractivity contribution is -0.147. The number of rotatable bonds is 6. The number of alkyl halides is 3. The molecule has 0 saturated heterocycles. The van der Waals surface area contributed by atoms with Gasteiger partial charge in [-0.25, -0.2) is 4.98 Å². The monoisotopic (exact) mass is 357 g/mol. The molecule has 9 heteroatoms. The first-order valence-corrected chi connectivity index (χ1v) is 7.55. The van der Waals surface area contributed by atoms with Crippen molar-refractivity contribution < 1.29 is 27.9 Å². The molecule has 6 nitrogen and oxygen atoms in total. The lowest BCUT2D eigenvalue weighted by atomic mass is 9.98. The molecule has 0 aliphatic heterocycles. The van der Waals surface area contributed by atoms with E-state index in [0.717, 1.165) is 4.57 Å². The van der Waals surface area contributed by atoms with Gasteiger partial charge in [-0.1, -0.05) is 12.1 Å². The number of halogens is 3. The third kappa shape index (κ3) is 4.71. The summed E-state index contributed by atoms with van der Waals surface area (Å²) in [5.41, 5.74) is -0.509. The van der Waals surface area contributed by atoms with Gasteiger partial charge in [-0.3, -0.25) is 9.59 Å². The van der Waals surface area contributed by atoms with Crippen LogP contribution in [0.4, 0.5) is 13.2 Å². The first kappa shape index (κ1) is 18.8. The van der Waals surface area contributed by atoms with Crippen molar-refractivity contribution in [2.45, 2.75) is 44.9 Å². The topological polar surface area (TPSA) is 84.2 Å². The Hall–Kier alpha value is -2.58. The average Bonchev–Trinajstić information content (AvgIpc) is 2.84. The number of fused-ring (bicyclic) bond motifs is 1. The fourth-order valence-corrected chi connectivity index (χ4v) is 2.49. The molecule has 0 unspecified atom stereocenters. The van der Waals surface area contributed by atoms with Gasteiger partial charge in [0.2, 0.25) is 11.7 Å². The summed E-state index contributed by atoms with van der Waals surface area (Å²) in [5, 5.41) is 11.3. The van der Waals surface area contributed by atoms with Crippen LogP contribution in [0.1, 0.15) is 32.5 Å². The largest absolute Gasteiger partial charge is 0.481 e. The van der Waals surface area contributed by atoms with Crippen molar-refractivity contribution in [2.24, 2.45) is 0 Å². The number of imidazole rings is 1. The van der Waals surface area contributed by atoms with Gasteiger partial charge in [0.25, 0.3) is 0 Å². The lowest BCUT2D eigenvalue weighted by Gasteiger charge is -2.26. The van der Waals surface area contributed by atoms with Gasteiger partial charge in [0, 0.05) is 12.0 Å². The number of hydrogen-bond donors (Lipinski definition) is 2. The van der Waals surface area contributed by atoms with Crippen LogP contribution in [-0.2, 0) is 22.3 Å². The minimum Gasteiger partial charge on any atom is -0.481 e. The van der Waals surface area contributed by atoms with Crippen LogP contribution in [0.5, 0.6) is 0 Å². The number of nitrogens with zero attached hydrogens (tertiary/aromatic N) is 2. The van der Waals surface area contributed by atoms with Crippen molar-refractivity contribution in [3.05, 3.63) is 30.1 Å². The van der Waals surface area contributed by atoms with E-state index in [2.05, 4.69) is 10.3 Å². The second-order valence-electron chi connectivity index (χ2n) is 6.33. The predicted octanol–water partition coefficient (Wildman–Crippen LogP) is 2.81. The van der Waals surface area contributed by atoms with Gasteiger partial charge >= 0.3 is 12.1 Å². The fraction of sp³-hybridized carbons (Fsp3) is 0.438. The Morgan fingerprint density at radius 1 is 1.24 bits per heavy atom. The van der Waals surface area contributed by atoms with Gasteiger partial charge in [-0.05, 0) is 32.4 Å². The van der Waals surface area contributed by atoms with Gasteiger partial charge in [0.1, 0.15) is 6.54 Å². The van der Waals surface area contributed by atoms with Crippen LogP contribution in [0.2, 0.25) is 0 Å². The van der Waals surface area contributed by atoms with Crippen LogP contribution in [0.3, 0.4) is 0 Å². The number of nitrogens with one attached hydrogen (secondary N) is 1. The zero-order chi connectivity index (χ0) is 18.8. The summed E-state index contributed by atoms with van der Waals surface area (Å²) in [6.07, 6.45) is -4.70. The molecule has 1 amide bonds. The van der Waals surface area contributed by atoms with Crippen molar-refractivity contribution in [3.8, 4) is 0 Å². The third-order valence-electron chi connectivity index (χ3n) is 3.65. The number of carboxylic acids is 1. The number of amides is 1. The fourth-order valence-electron chi connectivity index (χ4n) is 2.49. The van der Waals surface area contributed by atoms with E-state index in [1.165, 1.54) is 12.1 Å². The summed E-state index contributed by atoms with van der Waals surface area (Å²) in [6, 6.07) is 6.03. The predicted molar refractivity (Wildman–Crippen MR) is 83.8 cm³/mol. The van der Waals surface area contributed by atoms with E-state index < -0.39 is 36.0 Å². The Balaban J connectivity index is 2.24. The van der Waals surface area contributed by atoms with E-state index in [4.69, 9.17) is 5.11 Å². The van der Waals surface area contributed by atoms with E-state index in [-0.39, 0.29) is 23.9 Å². The second kappa shape index (κ2) is 6.73. The van der Waals surface area contributed by atoms with Gasteiger partial charge in [0.05, 0.1) is 11.0 Å². The highest BCUT2D eigenvalue weighted by molar-refractivity contribution is 5.81. The molecule has 25 heavy (non-hydrogen) atoms. The van der Waals surface area contributed by atoms with Crippen molar-refractivity contribution in [1.82, 2.24) is 14.9 Å². The third-order valence-corrected chi connectivity index (χ3v) is 3.65. The molecule has 0 atom stereocenters. The van der Waals surface area contributed by atoms with Crippen molar-refractivity contribution in [3.63, 3.8) is 0 Å². The Kier molecular flexibility index (Phi) is 5.05. The summed E-state index contributed by atoms with van der Waals surface area (Å²) in [7, 11) is 0. The molecule has 1 aromatic carbocycles. The van der Waals surface area contributed by atoms with E-state index >= 15 is 0 Å². The summed E-state index contributed by atoms with van der Waals surface area (Å²) >= 11 is 0. The standard InChI is InChI=1S/C16H18F3N3O3/c1-15(2,8-7-13(24)25)21-12(23)9-22-11-6-4-3-5-10(11)20-14(22)16(17,18)19/h3-6H,7-9H2,1-2H3,(H,21,23)(H,24,25). The van der Waals surface area contributed by atoms with E-state index in [9.17, 15) is 22.8 Å². The Morgan fingerprint density at radius 3 is 2.48 bits per heavy atom. The van der Waals surface area contributed by atoms with Crippen LogP contribution < -0.4 is 5.32 Å². The van der Waals surface area contributed by atoms with Gasteiger partial charge in [-0.15, -0.1) is 0 Å². The van der Waals surface area contributed by atoms with Gasteiger partial charge in [0.15, 0.2) is 0 Å². The molecule has 1 heterocycles. The molecule has 0 radical (unpaired) electrons. The first-order chi connectivity index (χ1) is 11.5. The molecular weight excluding hydrogens is 339 g/mol. The highest BCUT2D eigenvalue weighted by Crippen LogP contribution is 2.31. The number of aromatic nitrogens is 2. The number of carbonyl (C=O) groups excluding carboxylic acids is 1. The summed E-state index contributed by atoms with van der Waals surface area (Å²) in [4.78, 5) is 26.4. The van der Waals surface area contributed by atoms with Gasteiger partial charge < -0.3 is 15.0 Å². The van der Waals surface area contributed by atoms with Crippen molar-refractivity contribution in [1.29, 1.82) is 0 Å². The maximum Gasteiger partial charge on any atom is 0.449 e. The van der Waals surface area contributed by atoms with Crippen LogP contribution in [0.15, 0.2) is 24.3 Å². The number of para-hydroxylation sites is 2. The number of hydrogen-bond acceptors (Lipinski definition) is 3. The minimum absolute atomic E-state index is 0.146. The lowest BCUT2D eigenvalue weighted by Crippen LogP contribution is -2.45. The molecule has 136 valence electrons. The molecule has 0 aliphatic rings. The molecule has 1 aromatic heterocycles. The molecule has 0 fully saturated rings. The Labute approximate surface area is 141 Å². The highest BCUT2D eigenvalue weighted by atomic mass is 19.4. The zero-order valence-electron chi connectivity index (χ0n) is 13.7. The number of carboxylic acid groups (broad SMARTS) is 1. The van der Waals surface area contributed by atoms with Crippen molar-refractivity contribution >= 4 is 22.9 Å². The first-order valence-electron chi connectivity index (χ1n) is 7.55. The summed E-state index contributed by atoms with van der Waals surface area (Å²) in [5.74, 6) is -2.81. The normalized spacial score (nSPS) is 12.4. The number of benzene rings is 1. The van der Waals surface area contributed by atoms with Crippen LogP contribution in [0.25, 0.3) is 11.0 Å². The smallest absolute Gasteiger partial charge is 0.449 e. The highest BCUT2D eigenvalue weighted by Gasteiger charge is 2.38.